The van der Waals surface area contributed by atoms with E-state index in [1.807, 2.05) is 7.05 Å². The molecule has 0 atom stereocenters. The second-order valence-corrected chi connectivity index (χ2v) is 7.31. The lowest BCUT2D eigenvalue weighted by molar-refractivity contribution is 0.0824. The molecule has 0 saturated heterocycles. The zero-order valence-electron chi connectivity index (χ0n) is 15.0. The summed E-state index contributed by atoms with van der Waals surface area (Å²) in [7, 11) is 1.84. The van der Waals surface area contributed by atoms with Crippen molar-refractivity contribution >= 4 is 6.09 Å². The molecule has 1 N–H and O–H groups in total. The van der Waals surface area contributed by atoms with Gasteiger partial charge in [0.25, 0.3) is 0 Å². The minimum absolute atomic E-state index is 0.0748. The number of aryl methyl sites for hydroxylation is 1. The first-order chi connectivity index (χ1) is 12.5. The number of aromatic hydroxyl groups is 1. The van der Waals surface area contributed by atoms with Crippen LogP contribution < -0.4 is 0 Å². The Kier molecular flexibility index (Phi) is 4.30. The quantitative estimate of drug-likeness (QED) is 0.851. The molecule has 0 radical (unpaired) electrons. The third kappa shape index (κ3) is 3.38. The molecular formula is C19H23N3O4. The minimum Gasteiger partial charge on any atom is -0.506 e. The number of ether oxygens (including phenoxy) is 1. The van der Waals surface area contributed by atoms with Crippen molar-refractivity contribution in [2.45, 2.75) is 45.3 Å². The SMILES string of the molecule is Cc1noc(-c2ccc(O)cn2)c1COC(=O)N(C)C(C1CC1)C1CC1. The van der Waals surface area contributed by atoms with Gasteiger partial charge in [0, 0.05) is 13.1 Å². The van der Waals surface area contributed by atoms with Crippen LogP contribution in [-0.4, -0.2) is 39.3 Å². The van der Waals surface area contributed by atoms with Gasteiger partial charge in [0.05, 0.1) is 17.5 Å². The molecule has 2 fully saturated rings. The molecule has 1 amide bonds. The summed E-state index contributed by atoms with van der Waals surface area (Å²) in [6, 6.07) is 3.48. The molecule has 0 aromatic carbocycles. The Labute approximate surface area is 152 Å². The van der Waals surface area contributed by atoms with Crippen LogP contribution in [0.2, 0.25) is 0 Å². The van der Waals surface area contributed by atoms with Gasteiger partial charge in [-0.2, -0.15) is 0 Å². The monoisotopic (exact) mass is 357 g/mol. The average Bonchev–Trinajstić information content (AvgIpc) is 3.55. The van der Waals surface area contributed by atoms with Crippen molar-refractivity contribution in [3.63, 3.8) is 0 Å². The summed E-state index contributed by atoms with van der Waals surface area (Å²) in [6.45, 7) is 1.88. The Morgan fingerprint density at radius 2 is 2.04 bits per heavy atom. The smallest absolute Gasteiger partial charge is 0.410 e. The number of nitrogens with zero attached hydrogens (tertiary/aromatic N) is 3. The van der Waals surface area contributed by atoms with Gasteiger partial charge in [-0.05, 0) is 56.6 Å². The molecule has 7 nitrogen and oxygen atoms in total. The predicted octanol–water partition coefficient (Wildman–Crippen LogP) is 3.51. The van der Waals surface area contributed by atoms with Gasteiger partial charge in [0.1, 0.15) is 18.1 Å². The summed E-state index contributed by atoms with van der Waals surface area (Å²) >= 11 is 0. The Bertz CT molecular complexity index is 782. The molecule has 26 heavy (non-hydrogen) atoms. The molecule has 0 spiro atoms. The maximum Gasteiger partial charge on any atom is 0.410 e. The number of rotatable bonds is 6. The number of amides is 1. The van der Waals surface area contributed by atoms with Crippen LogP contribution >= 0.6 is 0 Å². The van der Waals surface area contributed by atoms with Crippen molar-refractivity contribution in [3.05, 3.63) is 29.6 Å². The molecule has 2 heterocycles. The van der Waals surface area contributed by atoms with Crippen LogP contribution in [0.5, 0.6) is 5.75 Å². The Hall–Kier alpha value is -2.57. The predicted molar refractivity (Wildman–Crippen MR) is 93.3 cm³/mol. The molecule has 0 unspecified atom stereocenters. The molecule has 2 aromatic rings. The molecule has 2 saturated carbocycles. The second kappa shape index (κ2) is 6.63. The van der Waals surface area contributed by atoms with Crippen LogP contribution in [0.4, 0.5) is 4.79 Å². The maximum absolute atomic E-state index is 12.6. The second-order valence-electron chi connectivity index (χ2n) is 7.31. The zero-order chi connectivity index (χ0) is 18.3. The van der Waals surface area contributed by atoms with Gasteiger partial charge in [-0.25, -0.2) is 9.78 Å². The summed E-state index contributed by atoms with van der Waals surface area (Å²) in [5.41, 5.74) is 1.89. The Balaban J connectivity index is 1.45. The van der Waals surface area contributed by atoms with Crippen LogP contribution in [0.25, 0.3) is 11.5 Å². The van der Waals surface area contributed by atoms with Gasteiger partial charge < -0.3 is 19.3 Å². The summed E-state index contributed by atoms with van der Waals surface area (Å²) in [6.07, 6.45) is 5.87. The molecule has 7 heteroatoms. The first kappa shape index (κ1) is 16.9. The molecule has 0 aliphatic heterocycles. The van der Waals surface area contributed by atoms with Gasteiger partial charge in [-0.3, -0.25) is 0 Å². The van der Waals surface area contributed by atoms with E-state index in [9.17, 15) is 9.90 Å². The molecular weight excluding hydrogens is 334 g/mol. The number of carbonyl (C=O) groups is 1. The van der Waals surface area contributed by atoms with Crippen molar-refractivity contribution in [3.8, 4) is 17.2 Å². The third-order valence-corrected chi connectivity index (χ3v) is 5.25. The standard InChI is InChI=1S/C19H23N3O4/c1-11-15(18(26-21-11)16-8-7-14(23)9-20-16)10-25-19(24)22(2)17(12-3-4-12)13-5-6-13/h7-9,12-13,17,23H,3-6,10H2,1-2H3. The van der Waals surface area contributed by atoms with E-state index in [1.54, 1.807) is 17.9 Å². The average molecular weight is 357 g/mol. The third-order valence-electron chi connectivity index (χ3n) is 5.25. The molecule has 2 aromatic heterocycles. The fourth-order valence-electron chi connectivity index (χ4n) is 3.53. The number of pyridine rings is 1. The van der Waals surface area contributed by atoms with Gasteiger partial charge >= 0.3 is 6.09 Å². The fourth-order valence-corrected chi connectivity index (χ4v) is 3.53. The normalized spacial score (nSPS) is 16.7. The van der Waals surface area contributed by atoms with Crippen molar-refractivity contribution in [1.29, 1.82) is 0 Å². The van der Waals surface area contributed by atoms with E-state index in [1.165, 1.54) is 37.9 Å². The zero-order valence-corrected chi connectivity index (χ0v) is 15.0. The van der Waals surface area contributed by atoms with Crippen LogP contribution in [0.3, 0.4) is 0 Å². The minimum atomic E-state index is -0.306. The Morgan fingerprint density at radius 3 is 2.62 bits per heavy atom. The molecule has 0 bridgehead atoms. The fraction of sp³-hybridized carbons (Fsp3) is 0.526. The maximum atomic E-state index is 12.6. The first-order valence-electron chi connectivity index (χ1n) is 9.04. The molecule has 2 aliphatic rings. The van der Waals surface area contributed by atoms with E-state index < -0.39 is 0 Å². The van der Waals surface area contributed by atoms with E-state index in [4.69, 9.17) is 9.26 Å². The molecule has 2 aliphatic carbocycles. The van der Waals surface area contributed by atoms with E-state index in [-0.39, 0.29) is 18.4 Å². The summed E-state index contributed by atoms with van der Waals surface area (Å²) in [5.74, 6) is 1.80. The molecule has 138 valence electrons. The van der Waals surface area contributed by atoms with Gasteiger partial charge in [0.15, 0.2) is 5.76 Å². The summed E-state index contributed by atoms with van der Waals surface area (Å²) < 4.78 is 10.9. The number of hydrogen-bond donors (Lipinski definition) is 1. The number of carbonyl (C=O) groups excluding carboxylic acids is 1. The van der Waals surface area contributed by atoms with Crippen molar-refractivity contribution in [2.75, 3.05) is 7.05 Å². The van der Waals surface area contributed by atoms with Crippen LogP contribution in [-0.2, 0) is 11.3 Å². The van der Waals surface area contributed by atoms with Gasteiger partial charge in [-0.15, -0.1) is 0 Å². The lowest BCUT2D eigenvalue weighted by atomic mass is 10.1. The topological polar surface area (TPSA) is 88.7 Å². The van der Waals surface area contributed by atoms with E-state index >= 15 is 0 Å². The first-order valence-corrected chi connectivity index (χ1v) is 9.04. The van der Waals surface area contributed by atoms with Crippen molar-refractivity contribution < 1.29 is 19.2 Å². The van der Waals surface area contributed by atoms with Gasteiger partial charge in [-0.1, -0.05) is 5.16 Å². The Morgan fingerprint density at radius 1 is 1.35 bits per heavy atom. The summed E-state index contributed by atoms with van der Waals surface area (Å²) in [4.78, 5) is 18.5. The summed E-state index contributed by atoms with van der Waals surface area (Å²) in [5, 5.41) is 13.4. The highest BCUT2D eigenvalue weighted by Gasteiger charge is 2.45. The van der Waals surface area contributed by atoms with Crippen molar-refractivity contribution in [1.82, 2.24) is 15.0 Å². The van der Waals surface area contributed by atoms with E-state index in [2.05, 4.69) is 10.1 Å². The van der Waals surface area contributed by atoms with Crippen LogP contribution in [0, 0.1) is 18.8 Å². The molecule has 4 rings (SSSR count). The van der Waals surface area contributed by atoms with E-state index in [0.717, 1.165) is 0 Å². The largest absolute Gasteiger partial charge is 0.506 e. The lowest BCUT2D eigenvalue weighted by Gasteiger charge is -2.27. The van der Waals surface area contributed by atoms with Crippen LogP contribution in [0.15, 0.2) is 22.9 Å². The number of hydrogen-bond acceptors (Lipinski definition) is 6. The van der Waals surface area contributed by atoms with Gasteiger partial charge in [0.2, 0.25) is 0 Å². The highest BCUT2D eigenvalue weighted by atomic mass is 16.6. The highest BCUT2D eigenvalue weighted by molar-refractivity contribution is 5.68. The highest BCUT2D eigenvalue weighted by Crippen LogP contribution is 2.47. The van der Waals surface area contributed by atoms with Crippen LogP contribution in [0.1, 0.15) is 36.9 Å². The van der Waals surface area contributed by atoms with E-state index in [0.29, 0.717) is 40.6 Å². The lowest BCUT2D eigenvalue weighted by Crippen LogP contribution is -2.40. The van der Waals surface area contributed by atoms with Crippen molar-refractivity contribution in [2.24, 2.45) is 11.8 Å². The number of aromatic nitrogens is 2.